The predicted octanol–water partition coefficient (Wildman–Crippen LogP) is 5.49. The number of carbonyl (C=O) groups is 1. The fourth-order valence-electron chi connectivity index (χ4n) is 3.33. The summed E-state index contributed by atoms with van der Waals surface area (Å²) in [5, 5.41) is 12.3. The molecule has 28 heavy (non-hydrogen) atoms. The molecule has 0 spiro atoms. The van der Waals surface area contributed by atoms with Gasteiger partial charge in [0.25, 0.3) is 5.69 Å². The minimum Gasteiger partial charge on any atom is -0.457 e. The topological polar surface area (TPSA) is 72.7 Å². The molecular weight excluding hydrogens is 403 g/mol. The van der Waals surface area contributed by atoms with Crippen molar-refractivity contribution in [3.05, 3.63) is 67.7 Å². The van der Waals surface area contributed by atoms with Gasteiger partial charge < -0.3 is 9.64 Å². The molecule has 2 aromatic carbocycles. The minimum atomic E-state index is -0.632. The highest BCUT2D eigenvalue weighted by Gasteiger charge is 2.25. The van der Waals surface area contributed by atoms with E-state index in [0.717, 1.165) is 25.9 Å². The summed E-state index contributed by atoms with van der Waals surface area (Å²) in [6.45, 7) is 3.66. The van der Waals surface area contributed by atoms with E-state index in [1.54, 1.807) is 30.3 Å². The molecule has 148 valence electrons. The standard InChI is InChI=1S/C20H20Cl2N2O4/c1-13-3-2-8-23(11-13)18-7-5-15(10-19(18)24(26)27)20(25)28-12-14-4-6-16(21)17(22)9-14/h4-7,9-10,13H,2-3,8,11-12H2,1H3. The Morgan fingerprint density at radius 3 is 2.71 bits per heavy atom. The number of carbonyl (C=O) groups excluding carboxylic acids is 1. The van der Waals surface area contributed by atoms with Gasteiger partial charge in [-0.05, 0) is 48.6 Å². The van der Waals surface area contributed by atoms with Gasteiger partial charge in [-0.1, -0.05) is 36.2 Å². The number of piperidine rings is 1. The highest BCUT2D eigenvalue weighted by molar-refractivity contribution is 6.42. The monoisotopic (exact) mass is 422 g/mol. The van der Waals surface area contributed by atoms with Crippen molar-refractivity contribution in [2.24, 2.45) is 5.92 Å². The zero-order chi connectivity index (χ0) is 20.3. The molecule has 2 aromatic rings. The maximum Gasteiger partial charge on any atom is 0.338 e. The Kier molecular flexibility index (Phi) is 6.42. The molecule has 0 bridgehead atoms. The number of nitro benzene ring substituents is 1. The number of ether oxygens (including phenoxy) is 1. The summed E-state index contributed by atoms with van der Waals surface area (Å²) < 4.78 is 5.27. The van der Waals surface area contributed by atoms with Crippen LogP contribution in [0.25, 0.3) is 0 Å². The smallest absolute Gasteiger partial charge is 0.338 e. The quantitative estimate of drug-likeness (QED) is 0.361. The lowest BCUT2D eigenvalue weighted by Gasteiger charge is -2.32. The Morgan fingerprint density at radius 1 is 1.25 bits per heavy atom. The minimum absolute atomic E-state index is 0.00505. The van der Waals surface area contributed by atoms with E-state index in [1.807, 2.05) is 4.90 Å². The van der Waals surface area contributed by atoms with Crippen LogP contribution in [0.1, 0.15) is 35.7 Å². The number of benzene rings is 2. The van der Waals surface area contributed by atoms with E-state index in [1.165, 1.54) is 6.07 Å². The molecule has 8 heteroatoms. The van der Waals surface area contributed by atoms with Crippen molar-refractivity contribution >= 4 is 40.5 Å². The molecule has 0 saturated carbocycles. The van der Waals surface area contributed by atoms with E-state index in [0.29, 0.717) is 27.2 Å². The highest BCUT2D eigenvalue weighted by atomic mass is 35.5. The molecule has 0 amide bonds. The lowest BCUT2D eigenvalue weighted by Crippen LogP contribution is -2.34. The molecule has 1 aliphatic heterocycles. The van der Waals surface area contributed by atoms with Crippen molar-refractivity contribution in [3.8, 4) is 0 Å². The van der Waals surface area contributed by atoms with Gasteiger partial charge in [0.2, 0.25) is 0 Å². The highest BCUT2D eigenvalue weighted by Crippen LogP contribution is 2.32. The van der Waals surface area contributed by atoms with Crippen LogP contribution < -0.4 is 4.90 Å². The van der Waals surface area contributed by atoms with Crippen LogP contribution in [0, 0.1) is 16.0 Å². The third kappa shape index (κ3) is 4.75. The van der Waals surface area contributed by atoms with Crippen LogP contribution in [-0.2, 0) is 11.3 Å². The van der Waals surface area contributed by atoms with Crippen molar-refractivity contribution in [2.45, 2.75) is 26.4 Å². The van der Waals surface area contributed by atoms with E-state index >= 15 is 0 Å². The molecule has 1 aliphatic rings. The second-order valence-electron chi connectivity index (χ2n) is 6.98. The zero-order valence-electron chi connectivity index (χ0n) is 15.4. The maximum absolute atomic E-state index is 12.4. The van der Waals surface area contributed by atoms with Gasteiger partial charge in [-0.2, -0.15) is 0 Å². The third-order valence-electron chi connectivity index (χ3n) is 4.76. The van der Waals surface area contributed by atoms with Crippen molar-refractivity contribution in [1.82, 2.24) is 0 Å². The van der Waals surface area contributed by atoms with Crippen molar-refractivity contribution in [2.75, 3.05) is 18.0 Å². The maximum atomic E-state index is 12.4. The number of halogens is 2. The normalized spacial score (nSPS) is 16.7. The van der Waals surface area contributed by atoms with Gasteiger partial charge in [-0.15, -0.1) is 0 Å². The van der Waals surface area contributed by atoms with Gasteiger partial charge >= 0.3 is 5.97 Å². The summed E-state index contributed by atoms with van der Waals surface area (Å²) in [6, 6.07) is 9.41. The molecule has 1 saturated heterocycles. The Hall–Kier alpha value is -2.31. The first-order valence-electron chi connectivity index (χ1n) is 8.99. The van der Waals surface area contributed by atoms with Gasteiger partial charge in [-0.25, -0.2) is 4.79 Å². The van der Waals surface area contributed by atoms with Crippen LogP contribution >= 0.6 is 23.2 Å². The average molecular weight is 423 g/mol. The van der Waals surface area contributed by atoms with E-state index in [4.69, 9.17) is 27.9 Å². The largest absolute Gasteiger partial charge is 0.457 e. The van der Waals surface area contributed by atoms with Gasteiger partial charge in [0.1, 0.15) is 12.3 Å². The van der Waals surface area contributed by atoms with Gasteiger partial charge in [0, 0.05) is 19.2 Å². The number of hydrogen-bond acceptors (Lipinski definition) is 5. The molecule has 0 aliphatic carbocycles. The van der Waals surface area contributed by atoms with E-state index in [9.17, 15) is 14.9 Å². The van der Waals surface area contributed by atoms with E-state index < -0.39 is 10.9 Å². The van der Waals surface area contributed by atoms with Crippen molar-refractivity contribution in [1.29, 1.82) is 0 Å². The summed E-state index contributed by atoms with van der Waals surface area (Å²) in [6.07, 6.45) is 2.11. The van der Waals surface area contributed by atoms with Gasteiger partial charge in [0.15, 0.2) is 0 Å². The number of hydrogen-bond donors (Lipinski definition) is 0. The number of rotatable bonds is 5. The van der Waals surface area contributed by atoms with Crippen molar-refractivity contribution in [3.63, 3.8) is 0 Å². The molecule has 0 aromatic heterocycles. The van der Waals surface area contributed by atoms with Crippen LogP contribution in [0.15, 0.2) is 36.4 Å². The second-order valence-corrected chi connectivity index (χ2v) is 7.79. The van der Waals surface area contributed by atoms with Crippen LogP contribution in [-0.4, -0.2) is 24.0 Å². The molecule has 1 atom stereocenters. The summed E-state index contributed by atoms with van der Waals surface area (Å²) >= 11 is 11.8. The Labute approximate surface area is 173 Å². The molecule has 0 N–H and O–H groups in total. The fraction of sp³-hybridized carbons (Fsp3) is 0.350. The Balaban J connectivity index is 1.76. The molecule has 1 unspecified atom stereocenters. The SMILES string of the molecule is CC1CCCN(c2ccc(C(=O)OCc3ccc(Cl)c(Cl)c3)cc2[N+](=O)[O-])C1. The summed E-state index contributed by atoms with van der Waals surface area (Å²) in [4.78, 5) is 25.5. The third-order valence-corrected chi connectivity index (χ3v) is 5.50. The van der Waals surface area contributed by atoms with Crippen LogP contribution in [0.3, 0.4) is 0 Å². The van der Waals surface area contributed by atoms with Crippen LogP contribution in [0.4, 0.5) is 11.4 Å². The number of nitrogens with zero attached hydrogens (tertiary/aromatic N) is 2. The second kappa shape index (κ2) is 8.80. The zero-order valence-corrected chi connectivity index (χ0v) is 16.9. The number of nitro groups is 1. The van der Waals surface area contributed by atoms with Gasteiger partial charge in [-0.3, -0.25) is 10.1 Å². The van der Waals surface area contributed by atoms with E-state index in [-0.39, 0.29) is 17.9 Å². The fourth-order valence-corrected chi connectivity index (χ4v) is 3.65. The first kappa shape index (κ1) is 20.4. The Bertz CT molecular complexity index is 904. The number of anilines is 1. The lowest BCUT2D eigenvalue weighted by atomic mass is 9.99. The average Bonchev–Trinajstić information content (AvgIpc) is 2.68. The Morgan fingerprint density at radius 2 is 2.04 bits per heavy atom. The molecule has 1 fully saturated rings. The summed E-state index contributed by atoms with van der Waals surface area (Å²) in [5.74, 6) is -0.156. The first-order chi connectivity index (χ1) is 13.3. The molecule has 6 nitrogen and oxygen atoms in total. The summed E-state index contributed by atoms with van der Waals surface area (Å²) in [5.41, 5.74) is 1.27. The van der Waals surface area contributed by atoms with Crippen molar-refractivity contribution < 1.29 is 14.5 Å². The first-order valence-corrected chi connectivity index (χ1v) is 9.75. The predicted molar refractivity (Wildman–Crippen MR) is 109 cm³/mol. The van der Waals surface area contributed by atoms with Gasteiger partial charge in [0.05, 0.1) is 20.5 Å². The molecule has 1 heterocycles. The molecule has 3 rings (SSSR count). The van der Waals surface area contributed by atoms with Crippen LogP contribution in [0.5, 0.6) is 0 Å². The number of esters is 1. The van der Waals surface area contributed by atoms with Crippen LogP contribution in [0.2, 0.25) is 10.0 Å². The molecular formula is C20H20Cl2N2O4. The van der Waals surface area contributed by atoms with E-state index in [2.05, 4.69) is 6.92 Å². The molecule has 0 radical (unpaired) electrons. The summed E-state index contributed by atoms with van der Waals surface area (Å²) in [7, 11) is 0. The lowest BCUT2D eigenvalue weighted by molar-refractivity contribution is -0.384.